The van der Waals surface area contributed by atoms with Gasteiger partial charge in [0.1, 0.15) is 24.1 Å². The van der Waals surface area contributed by atoms with E-state index < -0.39 is 39.8 Å². The van der Waals surface area contributed by atoms with Crippen LogP contribution in [0.15, 0.2) is 29.4 Å². The Balaban J connectivity index is 2.08. The molecule has 0 fully saturated rings. The van der Waals surface area contributed by atoms with Crippen LogP contribution in [0.3, 0.4) is 0 Å². The van der Waals surface area contributed by atoms with E-state index in [2.05, 4.69) is 17.0 Å². The van der Waals surface area contributed by atoms with Gasteiger partial charge in [0.2, 0.25) is 0 Å². The predicted octanol–water partition coefficient (Wildman–Crippen LogP) is 1.65. The van der Waals surface area contributed by atoms with Crippen LogP contribution in [0, 0.1) is 11.8 Å². The molecular formula is C19H22FNO5S. The summed E-state index contributed by atoms with van der Waals surface area (Å²) < 4.78 is 34.5. The first-order valence-electron chi connectivity index (χ1n) is 8.43. The largest absolute Gasteiger partial charge is 0.392 e. The van der Waals surface area contributed by atoms with Gasteiger partial charge >= 0.3 is 0 Å². The van der Waals surface area contributed by atoms with E-state index in [4.69, 9.17) is 9.94 Å². The molecule has 1 aliphatic heterocycles. The standard InChI is InChI=1S/C19H22FNO5S/c1-19(18(23)13-22,27(2,24)25)12-16-11-17(21-26-16)15-8-6-14(7-9-15)5-3-4-10-20/h6-9,16,22H,4,10-13H2,1-2H3/t16?,19-/m1/s1. The van der Waals surface area contributed by atoms with Crippen LogP contribution in [0.1, 0.15) is 37.3 Å². The highest BCUT2D eigenvalue weighted by molar-refractivity contribution is 7.92. The van der Waals surface area contributed by atoms with Crippen LogP contribution in [0.2, 0.25) is 0 Å². The highest BCUT2D eigenvalue weighted by Crippen LogP contribution is 2.30. The van der Waals surface area contributed by atoms with E-state index in [0.717, 1.165) is 17.4 Å². The first-order valence-corrected chi connectivity index (χ1v) is 10.3. The zero-order chi connectivity index (χ0) is 20.1. The average molecular weight is 395 g/mol. The van der Waals surface area contributed by atoms with Crippen molar-refractivity contribution in [3.05, 3.63) is 35.4 Å². The highest BCUT2D eigenvalue weighted by Gasteiger charge is 2.46. The zero-order valence-electron chi connectivity index (χ0n) is 15.2. The summed E-state index contributed by atoms with van der Waals surface area (Å²) >= 11 is 0. The number of sulfone groups is 1. The Bertz CT molecular complexity index is 883. The fourth-order valence-electron chi connectivity index (χ4n) is 2.74. The number of carbonyl (C=O) groups excluding carboxylic acids is 1. The van der Waals surface area contributed by atoms with Crippen molar-refractivity contribution in [3.8, 4) is 11.8 Å². The minimum absolute atomic E-state index is 0.0922. The van der Waals surface area contributed by atoms with Gasteiger partial charge in [-0.05, 0) is 24.6 Å². The number of nitrogens with zero attached hydrogens (tertiary/aromatic N) is 1. The van der Waals surface area contributed by atoms with E-state index in [0.29, 0.717) is 12.1 Å². The third-order valence-electron chi connectivity index (χ3n) is 4.57. The number of benzene rings is 1. The third kappa shape index (κ3) is 4.93. The smallest absolute Gasteiger partial charge is 0.179 e. The fraction of sp³-hybridized carbons (Fsp3) is 0.474. The van der Waals surface area contributed by atoms with Gasteiger partial charge in [-0.1, -0.05) is 29.1 Å². The third-order valence-corrected chi connectivity index (χ3v) is 6.60. The van der Waals surface area contributed by atoms with Crippen LogP contribution in [-0.4, -0.2) is 55.4 Å². The Morgan fingerprint density at radius 1 is 1.41 bits per heavy atom. The molecule has 0 radical (unpaired) electrons. The molecule has 1 aliphatic rings. The minimum atomic E-state index is -3.74. The molecule has 1 heterocycles. The maximum absolute atomic E-state index is 12.1. The van der Waals surface area contributed by atoms with Crippen LogP contribution >= 0.6 is 0 Å². The van der Waals surface area contributed by atoms with Crippen LogP contribution < -0.4 is 0 Å². The summed E-state index contributed by atoms with van der Waals surface area (Å²) in [5.41, 5.74) is 2.18. The number of halogens is 1. The van der Waals surface area contributed by atoms with Gasteiger partial charge in [-0.2, -0.15) is 0 Å². The Morgan fingerprint density at radius 2 is 2.07 bits per heavy atom. The van der Waals surface area contributed by atoms with E-state index in [1.54, 1.807) is 24.3 Å². The van der Waals surface area contributed by atoms with Crippen LogP contribution in [0.25, 0.3) is 0 Å². The van der Waals surface area contributed by atoms with Crippen molar-refractivity contribution < 1.29 is 27.5 Å². The number of carbonyl (C=O) groups is 1. The van der Waals surface area contributed by atoms with Gasteiger partial charge in [0, 0.05) is 31.1 Å². The maximum atomic E-state index is 12.1. The van der Waals surface area contributed by atoms with Crippen molar-refractivity contribution in [2.45, 2.75) is 37.0 Å². The molecule has 1 N–H and O–H groups in total. The number of aliphatic hydroxyl groups excluding tert-OH is 1. The maximum Gasteiger partial charge on any atom is 0.179 e. The summed E-state index contributed by atoms with van der Waals surface area (Å²) in [5, 5.41) is 13.1. The highest BCUT2D eigenvalue weighted by atomic mass is 32.2. The van der Waals surface area contributed by atoms with Crippen LogP contribution in [0.5, 0.6) is 0 Å². The monoisotopic (exact) mass is 395 g/mol. The number of oxime groups is 1. The number of alkyl halides is 1. The molecule has 0 bridgehead atoms. The molecule has 0 aliphatic carbocycles. The normalized spacial score (nSPS) is 18.7. The predicted molar refractivity (Wildman–Crippen MR) is 99.9 cm³/mol. The molecule has 0 aromatic heterocycles. The number of hydrogen-bond acceptors (Lipinski definition) is 6. The van der Waals surface area contributed by atoms with Crippen molar-refractivity contribution in [1.29, 1.82) is 0 Å². The van der Waals surface area contributed by atoms with E-state index in [9.17, 15) is 17.6 Å². The van der Waals surface area contributed by atoms with Gasteiger partial charge in [0.05, 0.1) is 5.71 Å². The van der Waals surface area contributed by atoms with Crippen LogP contribution in [-0.2, 0) is 19.5 Å². The van der Waals surface area contributed by atoms with Gasteiger partial charge in [0.25, 0.3) is 0 Å². The summed E-state index contributed by atoms with van der Waals surface area (Å²) in [6, 6.07) is 7.18. The molecular weight excluding hydrogens is 373 g/mol. The lowest BCUT2D eigenvalue weighted by Crippen LogP contribution is -2.47. The summed E-state index contributed by atoms with van der Waals surface area (Å²) in [4.78, 5) is 17.3. The van der Waals surface area contributed by atoms with Crippen LogP contribution in [0.4, 0.5) is 4.39 Å². The Kier molecular flexibility index (Phi) is 6.73. The molecule has 1 aromatic carbocycles. The second kappa shape index (κ2) is 8.63. The Morgan fingerprint density at radius 3 is 2.63 bits per heavy atom. The van der Waals surface area contributed by atoms with Crippen molar-refractivity contribution >= 4 is 21.3 Å². The quantitative estimate of drug-likeness (QED) is 0.709. The summed E-state index contributed by atoms with van der Waals surface area (Å²) in [6.45, 7) is -0.0339. The molecule has 0 saturated carbocycles. The van der Waals surface area contributed by atoms with Crippen molar-refractivity contribution in [2.75, 3.05) is 19.5 Å². The van der Waals surface area contributed by atoms with E-state index in [1.165, 1.54) is 6.92 Å². The van der Waals surface area contributed by atoms with Gasteiger partial charge in [-0.15, -0.1) is 0 Å². The van der Waals surface area contributed by atoms with Gasteiger partial charge < -0.3 is 9.94 Å². The van der Waals surface area contributed by atoms with Gasteiger partial charge in [-0.25, -0.2) is 8.42 Å². The average Bonchev–Trinajstić information content (AvgIpc) is 3.09. The number of hydrogen-bond donors (Lipinski definition) is 1. The molecule has 146 valence electrons. The second-order valence-electron chi connectivity index (χ2n) is 6.58. The number of rotatable bonds is 7. The Labute approximate surface area is 158 Å². The van der Waals surface area contributed by atoms with Crippen molar-refractivity contribution in [3.63, 3.8) is 0 Å². The topological polar surface area (TPSA) is 93.0 Å². The lowest BCUT2D eigenvalue weighted by molar-refractivity contribution is -0.124. The molecule has 27 heavy (non-hydrogen) atoms. The summed E-state index contributed by atoms with van der Waals surface area (Å²) in [7, 11) is -3.74. The molecule has 6 nitrogen and oxygen atoms in total. The van der Waals surface area contributed by atoms with Gasteiger partial charge in [-0.3, -0.25) is 9.18 Å². The summed E-state index contributed by atoms with van der Waals surface area (Å²) in [5.74, 6) is 4.80. The first-order chi connectivity index (χ1) is 12.7. The number of Topliss-reactive ketones (excluding diaryl/α,β-unsaturated/α-hetero) is 1. The van der Waals surface area contributed by atoms with Crippen molar-refractivity contribution in [1.82, 2.24) is 0 Å². The molecule has 1 unspecified atom stereocenters. The molecule has 1 aromatic rings. The number of ketones is 1. The van der Waals surface area contributed by atoms with E-state index in [-0.39, 0.29) is 12.8 Å². The zero-order valence-corrected chi connectivity index (χ0v) is 16.1. The molecule has 0 spiro atoms. The lowest BCUT2D eigenvalue weighted by Gasteiger charge is -2.27. The van der Waals surface area contributed by atoms with Gasteiger partial charge in [0.15, 0.2) is 15.6 Å². The first kappa shape index (κ1) is 21.1. The fourth-order valence-corrected chi connectivity index (χ4v) is 3.71. The molecule has 0 saturated heterocycles. The van der Waals surface area contributed by atoms with Crippen molar-refractivity contribution in [2.24, 2.45) is 5.16 Å². The second-order valence-corrected chi connectivity index (χ2v) is 9.02. The minimum Gasteiger partial charge on any atom is -0.392 e. The molecule has 0 amide bonds. The van der Waals surface area contributed by atoms with E-state index in [1.807, 2.05) is 0 Å². The summed E-state index contributed by atoms with van der Waals surface area (Å²) in [6.07, 6.45) is 0.830. The molecule has 8 heteroatoms. The Hall–Kier alpha value is -2.24. The lowest BCUT2D eigenvalue weighted by atomic mass is 9.94. The van der Waals surface area contributed by atoms with E-state index >= 15 is 0 Å². The molecule has 2 rings (SSSR count). The number of aliphatic hydroxyl groups is 1. The molecule has 2 atom stereocenters. The SMILES string of the molecule is C[C@@](CC1CC(c2ccc(C#CCCF)cc2)=NO1)(C(=O)CO)S(C)(=O)=O.